The van der Waals surface area contributed by atoms with Crippen molar-refractivity contribution in [3.63, 3.8) is 0 Å². The number of hydrogen-bond acceptors (Lipinski definition) is 2. The molecule has 0 fully saturated rings. The molecule has 0 bridgehead atoms. The van der Waals surface area contributed by atoms with Gasteiger partial charge in [-0.3, -0.25) is 0 Å². The van der Waals surface area contributed by atoms with E-state index in [1.165, 1.54) is 16.5 Å². The molecule has 2 rings (SSSR count). The minimum Gasteiger partial charge on any atom is -0.320 e. The number of aryl methyl sites for hydroxylation is 1. The van der Waals surface area contributed by atoms with E-state index < -0.39 is 0 Å². The van der Waals surface area contributed by atoms with Crippen LogP contribution in [-0.4, -0.2) is 6.54 Å². The highest BCUT2D eigenvalue weighted by Gasteiger charge is 2.01. The molecule has 2 aromatic carbocycles. The first-order valence-electron chi connectivity index (χ1n) is 6.35. The fraction of sp³-hybridized carbons (Fsp3) is 0.176. The Morgan fingerprint density at radius 2 is 1.90 bits per heavy atom. The zero-order chi connectivity index (χ0) is 14.4. The molecule has 1 nitrogen and oxygen atoms in total. The molecule has 0 aliphatic heterocycles. The van der Waals surface area contributed by atoms with Crippen molar-refractivity contribution in [1.82, 2.24) is 0 Å². The van der Waals surface area contributed by atoms with Crippen molar-refractivity contribution in [3.05, 3.63) is 65.0 Å². The van der Waals surface area contributed by atoms with Crippen molar-refractivity contribution in [2.75, 3.05) is 6.54 Å². The molecule has 0 aliphatic rings. The van der Waals surface area contributed by atoms with Crippen LogP contribution in [0.3, 0.4) is 0 Å². The third-order valence-electron chi connectivity index (χ3n) is 2.72. The summed E-state index contributed by atoms with van der Waals surface area (Å²) in [5, 5.41) is 0. The molecule has 0 saturated carbocycles. The third kappa shape index (κ3) is 4.41. The number of hydrogen-bond donors (Lipinski definition) is 1. The van der Waals surface area contributed by atoms with Crippen molar-refractivity contribution in [3.8, 4) is 11.8 Å². The van der Waals surface area contributed by atoms with Crippen molar-refractivity contribution >= 4 is 11.8 Å². The van der Waals surface area contributed by atoms with Crippen LogP contribution < -0.4 is 5.73 Å². The van der Waals surface area contributed by atoms with E-state index in [0.29, 0.717) is 5.56 Å². The smallest absolute Gasteiger partial charge is 0.124 e. The molecule has 0 unspecified atom stereocenters. The summed E-state index contributed by atoms with van der Waals surface area (Å²) in [5.41, 5.74) is 8.17. The molecule has 0 amide bonds. The molecule has 3 heteroatoms. The van der Waals surface area contributed by atoms with Gasteiger partial charge in [0, 0.05) is 16.2 Å². The lowest BCUT2D eigenvalue weighted by Gasteiger charge is -2.04. The zero-order valence-corrected chi connectivity index (χ0v) is 12.1. The monoisotopic (exact) mass is 285 g/mol. The highest BCUT2D eigenvalue weighted by Crippen LogP contribution is 2.23. The minimum atomic E-state index is -0.256. The van der Waals surface area contributed by atoms with Crippen LogP contribution in [-0.2, 0) is 5.75 Å². The van der Waals surface area contributed by atoms with E-state index >= 15 is 0 Å². The topological polar surface area (TPSA) is 26.0 Å². The average Bonchev–Trinajstić information content (AvgIpc) is 2.44. The molecule has 2 aromatic rings. The molecule has 102 valence electrons. The van der Waals surface area contributed by atoms with Gasteiger partial charge in [0.05, 0.1) is 6.54 Å². The Kier molecular flexibility index (Phi) is 5.23. The van der Waals surface area contributed by atoms with E-state index in [9.17, 15) is 4.39 Å². The van der Waals surface area contributed by atoms with Gasteiger partial charge in [-0.05, 0) is 42.8 Å². The lowest BCUT2D eigenvalue weighted by atomic mass is 10.1. The van der Waals surface area contributed by atoms with E-state index in [2.05, 4.69) is 43.0 Å². The van der Waals surface area contributed by atoms with E-state index in [0.717, 1.165) is 11.3 Å². The van der Waals surface area contributed by atoms with Gasteiger partial charge in [-0.1, -0.05) is 29.5 Å². The van der Waals surface area contributed by atoms with Crippen molar-refractivity contribution in [2.24, 2.45) is 5.73 Å². The Labute approximate surface area is 123 Å². The van der Waals surface area contributed by atoms with E-state index in [4.69, 9.17) is 5.73 Å². The molecule has 0 saturated heterocycles. The van der Waals surface area contributed by atoms with Gasteiger partial charge in [0.2, 0.25) is 0 Å². The van der Waals surface area contributed by atoms with Crippen LogP contribution >= 0.6 is 11.8 Å². The van der Waals surface area contributed by atoms with Gasteiger partial charge in [-0.15, -0.1) is 11.8 Å². The second kappa shape index (κ2) is 7.14. The summed E-state index contributed by atoms with van der Waals surface area (Å²) < 4.78 is 13.5. The molecule has 0 aliphatic carbocycles. The average molecular weight is 285 g/mol. The number of benzene rings is 2. The van der Waals surface area contributed by atoms with Gasteiger partial charge in [0.25, 0.3) is 0 Å². The van der Waals surface area contributed by atoms with Gasteiger partial charge in [0.15, 0.2) is 0 Å². The first-order valence-corrected chi connectivity index (χ1v) is 7.34. The number of halogens is 1. The summed E-state index contributed by atoms with van der Waals surface area (Å²) in [6, 6.07) is 13.2. The molecule has 0 aromatic heterocycles. The highest BCUT2D eigenvalue weighted by atomic mass is 32.2. The Balaban J connectivity index is 2.09. The van der Waals surface area contributed by atoms with Gasteiger partial charge in [-0.2, -0.15) is 0 Å². The standard InChI is InChI=1S/C17H16FNS/c1-13-4-6-17(7-5-13)20-12-15-9-14(3-2-8-19)10-16(18)11-15/h4-7,9-11H,8,12,19H2,1H3. The molecule has 0 heterocycles. The largest absolute Gasteiger partial charge is 0.320 e. The number of rotatable bonds is 3. The molecule has 0 spiro atoms. The summed E-state index contributed by atoms with van der Waals surface area (Å²) in [5.74, 6) is 6.07. The quantitative estimate of drug-likeness (QED) is 0.687. The Morgan fingerprint density at radius 1 is 1.15 bits per heavy atom. The minimum absolute atomic E-state index is 0.256. The van der Waals surface area contributed by atoms with Gasteiger partial charge in [0.1, 0.15) is 5.82 Å². The Bertz CT molecular complexity index is 638. The van der Waals surface area contributed by atoms with E-state index in [1.807, 2.05) is 6.07 Å². The van der Waals surface area contributed by atoms with Crippen molar-refractivity contribution in [1.29, 1.82) is 0 Å². The van der Waals surface area contributed by atoms with Crippen LogP contribution in [0.2, 0.25) is 0 Å². The Hall–Kier alpha value is -1.76. The first-order chi connectivity index (χ1) is 9.67. The van der Waals surface area contributed by atoms with Crippen LogP contribution in [0.4, 0.5) is 4.39 Å². The van der Waals surface area contributed by atoms with Crippen LogP contribution in [0.1, 0.15) is 16.7 Å². The summed E-state index contributed by atoms with van der Waals surface area (Å²) in [4.78, 5) is 1.18. The van der Waals surface area contributed by atoms with E-state index in [-0.39, 0.29) is 12.4 Å². The van der Waals surface area contributed by atoms with E-state index in [1.54, 1.807) is 17.8 Å². The molecule has 20 heavy (non-hydrogen) atoms. The summed E-state index contributed by atoms with van der Waals surface area (Å²) in [7, 11) is 0. The summed E-state index contributed by atoms with van der Waals surface area (Å²) >= 11 is 1.68. The van der Waals surface area contributed by atoms with Crippen LogP contribution in [0.5, 0.6) is 0 Å². The van der Waals surface area contributed by atoms with Gasteiger partial charge >= 0.3 is 0 Å². The van der Waals surface area contributed by atoms with Crippen LogP contribution in [0.25, 0.3) is 0 Å². The SMILES string of the molecule is Cc1ccc(SCc2cc(F)cc(C#CCN)c2)cc1. The maximum atomic E-state index is 13.5. The summed E-state index contributed by atoms with van der Waals surface area (Å²) in [6.07, 6.45) is 0. The summed E-state index contributed by atoms with van der Waals surface area (Å²) in [6.45, 7) is 2.34. The van der Waals surface area contributed by atoms with Crippen LogP contribution in [0, 0.1) is 24.6 Å². The number of thioether (sulfide) groups is 1. The number of nitrogens with two attached hydrogens (primary N) is 1. The predicted molar refractivity (Wildman–Crippen MR) is 83.1 cm³/mol. The maximum absolute atomic E-state index is 13.5. The lowest BCUT2D eigenvalue weighted by molar-refractivity contribution is 0.626. The second-order valence-corrected chi connectivity index (χ2v) is 5.50. The van der Waals surface area contributed by atoms with Crippen LogP contribution in [0.15, 0.2) is 47.4 Å². The zero-order valence-electron chi connectivity index (χ0n) is 11.3. The Morgan fingerprint density at radius 3 is 2.60 bits per heavy atom. The maximum Gasteiger partial charge on any atom is 0.124 e. The first kappa shape index (κ1) is 14.6. The normalized spacial score (nSPS) is 9.95. The fourth-order valence-electron chi connectivity index (χ4n) is 1.76. The van der Waals surface area contributed by atoms with Crippen molar-refractivity contribution in [2.45, 2.75) is 17.6 Å². The predicted octanol–water partition coefficient (Wildman–Crippen LogP) is 3.74. The van der Waals surface area contributed by atoms with Gasteiger partial charge < -0.3 is 5.73 Å². The second-order valence-electron chi connectivity index (χ2n) is 4.46. The molecular weight excluding hydrogens is 269 g/mol. The molecular formula is C17H16FNS. The molecule has 0 radical (unpaired) electrons. The van der Waals surface area contributed by atoms with Gasteiger partial charge in [-0.25, -0.2) is 4.39 Å². The third-order valence-corrected chi connectivity index (χ3v) is 3.80. The molecule has 2 N–H and O–H groups in total. The van der Waals surface area contributed by atoms with Crippen molar-refractivity contribution < 1.29 is 4.39 Å². The molecule has 0 atom stereocenters. The lowest BCUT2D eigenvalue weighted by Crippen LogP contribution is -1.93. The fourth-order valence-corrected chi connectivity index (χ4v) is 2.59. The highest BCUT2D eigenvalue weighted by molar-refractivity contribution is 7.98.